The zero-order valence-corrected chi connectivity index (χ0v) is 18.4. The first-order valence-corrected chi connectivity index (χ1v) is 11.5. The van der Waals surface area contributed by atoms with E-state index in [-0.39, 0.29) is 11.5 Å². The van der Waals surface area contributed by atoms with Crippen LogP contribution in [0, 0.1) is 17.2 Å². The van der Waals surface area contributed by atoms with Crippen molar-refractivity contribution in [3.63, 3.8) is 0 Å². The smallest absolute Gasteiger partial charge is 0.159 e. The fourth-order valence-corrected chi connectivity index (χ4v) is 4.27. The van der Waals surface area contributed by atoms with Crippen molar-refractivity contribution in [3.8, 4) is 6.07 Å². The van der Waals surface area contributed by atoms with E-state index < -0.39 is 10.3 Å². The topological polar surface area (TPSA) is 97.5 Å². The van der Waals surface area contributed by atoms with Gasteiger partial charge >= 0.3 is 0 Å². The summed E-state index contributed by atoms with van der Waals surface area (Å²) in [5.41, 5.74) is 0.803. The Balaban J connectivity index is 0.000000307. The van der Waals surface area contributed by atoms with Crippen LogP contribution in [0.25, 0.3) is 0 Å². The highest BCUT2D eigenvalue weighted by atomic mass is 32.2. The number of hydrogen-bond donors (Lipinski definition) is 2. The van der Waals surface area contributed by atoms with E-state index >= 15 is 0 Å². The van der Waals surface area contributed by atoms with Gasteiger partial charge in [-0.25, -0.2) is 13.1 Å². The van der Waals surface area contributed by atoms with Gasteiger partial charge in [0.2, 0.25) is 0 Å². The molecule has 1 aromatic rings. The van der Waals surface area contributed by atoms with E-state index in [4.69, 9.17) is 0 Å². The van der Waals surface area contributed by atoms with Gasteiger partial charge < -0.3 is 9.45 Å². The molecule has 1 unspecified atom stereocenters. The summed E-state index contributed by atoms with van der Waals surface area (Å²) in [5, 5.41) is 9.65. The number of benzene rings is 1. The summed E-state index contributed by atoms with van der Waals surface area (Å²) < 4.78 is 32.8. The summed E-state index contributed by atoms with van der Waals surface area (Å²) >= 11 is 0. The maximum Gasteiger partial charge on any atom is 0.159 e. The van der Waals surface area contributed by atoms with Gasteiger partial charge in [-0.15, -0.1) is 0 Å². The zero-order chi connectivity index (χ0) is 21.2. The van der Waals surface area contributed by atoms with Crippen molar-refractivity contribution < 1.29 is 17.9 Å². The van der Waals surface area contributed by atoms with Gasteiger partial charge in [0, 0.05) is 12.5 Å². The van der Waals surface area contributed by atoms with Gasteiger partial charge in [0.05, 0.1) is 32.1 Å². The second-order valence-electron chi connectivity index (χ2n) is 8.22. The van der Waals surface area contributed by atoms with Crippen LogP contribution in [0.1, 0.15) is 57.9 Å². The molecule has 1 saturated carbocycles. The fraction of sp³-hybridized carbons (Fsp3) is 0.667. The lowest BCUT2D eigenvalue weighted by atomic mass is 9.70. The molecule has 0 heterocycles. The summed E-state index contributed by atoms with van der Waals surface area (Å²) in [4.78, 5) is 1.39. The van der Waals surface area contributed by atoms with E-state index in [1.54, 1.807) is 0 Å². The molecule has 1 aliphatic rings. The van der Waals surface area contributed by atoms with Crippen LogP contribution in [-0.4, -0.2) is 39.7 Å². The monoisotopic (exact) mass is 409 g/mol. The second-order valence-corrected chi connectivity index (χ2v) is 9.36. The van der Waals surface area contributed by atoms with E-state index in [9.17, 15) is 18.2 Å². The van der Waals surface area contributed by atoms with E-state index in [2.05, 4.69) is 50.9 Å². The maximum absolute atomic E-state index is 10.2. The van der Waals surface area contributed by atoms with E-state index in [1.165, 1.54) is 4.90 Å². The molecular weight excluding hydrogens is 374 g/mol. The second kappa shape index (κ2) is 11.5. The van der Waals surface area contributed by atoms with E-state index in [0.717, 1.165) is 50.6 Å². The quantitative estimate of drug-likeness (QED) is 0.673. The fourth-order valence-electron chi connectivity index (χ4n) is 3.62. The number of nitriles is 1. The van der Waals surface area contributed by atoms with E-state index in [0.29, 0.717) is 5.92 Å². The van der Waals surface area contributed by atoms with Gasteiger partial charge in [-0.3, -0.25) is 0 Å². The van der Waals surface area contributed by atoms with Crippen LogP contribution >= 0.6 is 0 Å². The number of hydrogen-bond acceptors (Lipinski definition) is 4. The van der Waals surface area contributed by atoms with Crippen LogP contribution in [-0.2, 0) is 15.7 Å². The Morgan fingerprint density at radius 1 is 1.21 bits per heavy atom. The Morgan fingerprint density at radius 2 is 1.79 bits per heavy atom. The first-order chi connectivity index (χ1) is 13.1. The Hall–Kier alpha value is -1.46. The van der Waals surface area contributed by atoms with Crippen LogP contribution in [0.2, 0.25) is 0 Å². The molecular formula is C21H35N3O3S. The molecule has 0 bridgehead atoms. The first-order valence-electron chi connectivity index (χ1n) is 10.1. The highest BCUT2D eigenvalue weighted by Crippen LogP contribution is 2.34. The largest absolute Gasteiger partial charge is 0.735 e. The third kappa shape index (κ3) is 8.27. The van der Waals surface area contributed by atoms with Crippen molar-refractivity contribution in [2.45, 2.75) is 63.8 Å². The summed E-state index contributed by atoms with van der Waals surface area (Å²) in [7, 11) is 0.0410. The van der Waals surface area contributed by atoms with Crippen LogP contribution in [0.15, 0.2) is 30.3 Å². The molecule has 0 aliphatic heterocycles. The third-order valence-corrected chi connectivity index (χ3v) is 6.03. The van der Waals surface area contributed by atoms with Gasteiger partial charge in [-0.1, -0.05) is 63.4 Å². The Morgan fingerprint density at radius 3 is 2.21 bits per heavy atom. The molecule has 0 amide bonds. The molecule has 1 fully saturated rings. The first kappa shape index (κ1) is 24.6. The van der Waals surface area contributed by atoms with Crippen LogP contribution in [0.4, 0.5) is 0 Å². The number of nitrogens with zero attached hydrogens (tertiary/aromatic N) is 1. The third-order valence-electron chi connectivity index (χ3n) is 5.41. The molecule has 158 valence electrons. The minimum atomic E-state index is -4.22. The van der Waals surface area contributed by atoms with Crippen molar-refractivity contribution in [3.05, 3.63) is 35.9 Å². The molecule has 0 aromatic heterocycles. The number of quaternary nitrogens is 1. The molecule has 7 heteroatoms. The van der Waals surface area contributed by atoms with Crippen LogP contribution in [0.3, 0.4) is 0 Å². The van der Waals surface area contributed by atoms with Crippen LogP contribution in [0.5, 0.6) is 0 Å². The molecule has 1 aliphatic carbocycles. The summed E-state index contributed by atoms with van der Waals surface area (Å²) in [6.45, 7) is 5.29. The normalized spacial score (nSPS) is 17.5. The summed E-state index contributed by atoms with van der Waals surface area (Å²) in [6.07, 6.45) is 5.72. The average molecular weight is 410 g/mol. The number of rotatable bonds is 7. The van der Waals surface area contributed by atoms with Gasteiger partial charge in [0.15, 0.2) is 10.3 Å². The van der Waals surface area contributed by atoms with Gasteiger partial charge in [-0.05, 0) is 24.3 Å². The van der Waals surface area contributed by atoms with Crippen molar-refractivity contribution in [2.75, 3.05) is 20.6 Å². The molecule has 0 spiro atoms. The van der Waals surface area contributed by atoms with Gasteiger partial charge in [0.25, 0.3) is 0 Å². The van der Waals surface area contributed by atoms with Gasteiger partial charge in [-0.2, -0.15) is 5.26 Å². The number of nitrogens with one attached hydrogen (secondary N) is 2. The molecule has 1 aromatic carbocycles. The standard InChI is InChI=1S/C15H22N2.C6H13NO3S/c1-13(2)15(12-16,10-11-17(3)4)14-8-6-5-7-9-14;8-11(9,10)7-6-4-2-1-3-5-6/h5-9,13H,10-11H2,1-4H3;6-7H,1-5H2,(H,8,9,10). The minimum Gasteiger partial charge on any atom is -0.735 e. The molecule has 1 atom stereocenters. The molecule has 0 radical (unpaired) electrons. The van der Waals surface area contributed by atoms with Crippen molar-refractivity contribution in [2.24, 2.45) is 5.92 Å². The molecule has 2 N–H and O–H groups in total. The lowest BCUT2D eigenvalue weighted by molar-refractivity contribution is -0.858. The van der Waals surface area contributed by atoms with E-state index in [1.807, 2.05) is 18.2 Å². The maximum atomic E-state index is 10.2. The Kier molecular flexibility index (Phi) is 10.1. The average Bonchev–Trinajstić information content (AvgIpc) is 2.63. The molecule has 0 saturated heterocycles. The summed E-state index contributed by atoms with van der Waals surface area (Å²) in [6, 6.07) is 12.7. The summed E-state index contributed by atoms with van der Waals surface area (Å²) in [5.74, 6) is 0.328. The molecule has 6 nitrogen and oxygen atoms in total. The lowest BCUT2D eigenvalue weighted by Crippen LogP contribution is -3.05. The SMILES string of the molecule is CC(C)C(C#N)(CC[NH+](C)C)c1ccccc1.O=S(=O)([O-])NC1CCCCC1. The van der Waals surface area contributed by atoms with Crippen molar-refractivity contribution >= 4 is 10.3 Å². The van der Waals surface area contributed by atoms with Crippen molar-refractivity contribution in [1.82, 2.24) is 4.72 Å². The Labute approximate surface area is 170 Å². The van der Waals surface area contributed by atoms with Gasteiger partial charge in [0.1, 0.15) is 0 Å². The van der Waals surface area contributed by atoms with Crippen LogP contribution < -0.4 is 9.62 Å². The highest BCUT2D eigenvalue weighted by molar-refractivity contribution is 7.83. The van der Waals surface area contributed by atoms with Crippen molar-refractivity contribution in [1.29, 1.82) is 5.26 Å². The Bertz CT molecular complexity index is 708. The predicted molar refractivity (Wildman–Crippen MR) is 111 cm³/mol. The zero-order valence-electron chi connectivity index (χ0n) is 17.6. The predicted octanol–water partition coefficient (Wildman–Crippen LogP) is 2.01. The molecule has 2 rings (SSSR count). The molecule has 28 heavy (non-hydrogen) atoms. The lowest BCUT2D eigenvalue weighted by Gasteiger charge is -2.31. The highest BCUT2D eigenvalue weighted by Gasteiger charge is 2.36. The minimum absolute atomic E-state index is 0.105.